The SMILES string of the molecule is COc1cccc(C=NNC(=S)Nc2ccc(C)cc2C)c1. The van der Waals surface area contributed by atoms with Crippen molar-refractivity contribution in [3.05, 3.63) is 59.2 Å². The lowest BCUT2D eigenvalue weighted by atomic mass is 10.1. The number of methoxy groups -OCH3 is 1. The van der Waals surface area contributed by atoms with E-state index in [1.165, 1.54) is 5.56 Å². The Morgan fingerprint density at radius 3 is 2.73 bits per heavy atom. The number of ether oxygens (including phenoxy) is 1. The second-order valence-corrected chi connectivity index (χ2v) is 5.33. The maximum atomic E-state index is 5.23. The third kappa shape index (κ3) is 4.56. The number of anilines is 1. The predicted octanol–water partition coefficient (Wildman–Crippen LogP) is 3.63. The third-order valence-electron chi connectivity index (χ3n) is 3.10. The average molecular weight is 313 g/mol. The van der Waals surface area contributed by atoms with Gasteiger partial charge in [0.25, 0.3) is 0 Å². The normalized spacial score (nSPS) is 10.5. The Bertz CT molecular complexity index is 698. The monoisotopic (exact) mass is 313 g/mol. The molecule has 0 saturated heterocycles. The first-order valence-electron chi connectivity index (χ1n) is 6.90. The Hall–Kier alpha value is -2.40. The van der Waals surface area contributed by atoms with E-state index in [1.807, 2.05) is 43.3 Å². The summed E-state index contributed by atoms with van der Waals surface area (Å²) in [5.41, 5.74) is 7.07. The number of aryl methyl sites for hydroxylation is 2. The highest BCUT2D eigenvalue weighted by Gasteiger charge is 2.00. The molecule has 0 fully saturated rings. The van der Waals surface area contributed by atoms with Crippen LogP contribution in [0.1, 0.15) is 16.7 Å². The lowest BCUT2D eigenvalue weighted by Gasteiger charge is -2.10. The zero-order valence-corrected chi connectivity index (χ0v) is 13.7. The molecule has 0 saturated carbocycles. The molecule has 2 aromatic rings. The summed E-state index contributed by atoms with van der Waals surface area (Å²) in [6, 6.07) is 13.8. The molecule has 0 unspecified atom stereocenters. The number of hydrogen-bond donors (Lipinski definition) is 2. The van der Waals surface area contributed by atoms with Crippen molar-refractivity contribution in [2.24, 2.45) is 5.10 Å². The third-order valence-corrected chi connectivity index (χ3v) is 3.30. The first-order chi connectivity index (χ1) is 10.6. The van der Waals surface area contributed by atoms with Crippen molar-refractivity contribution in [3.63, 3.8) is 0 Å². The molecule has 0 amide bonds. The quantitative estimate of drug-likeness (QED) is 0.514. The van der Waals surface area contributed by atoms with Crippen LogP contribution in [0.5, 0.6) is 5.75 Å². The zero-order valence-electron chi connectivity index (χ0n) is 12.9. The van der Waals surface area contributed by atoms with Crippen molar-refractivity contribution < 1.29 is 4.74 Å². The van der Waals surface area contributed by atoms with E-state index < -0.39 is 0 Å². The van der Waals surface area contributed by atoms with Gasteiger partial charge in [-0.2, -0.15) is 5.10 Å². The summed E-state index contributed by atoms with van der Waals surface area (Å²) in [6.07, 6.45) is 1.69. The Balaban J connectivity index is 1.93. The number of nitrogens with one attached hydrogen (secondary N) is 2. The summed E-state index contributed by atoms with van der Waals surface area (Å²) < 4.78 is 5.16. The molecular weight excluding hydrogens is 294 g/mol. The van der Waals surface area contributed by atoms with Gasteiger partial charge in [-0.25, -0.2) is 0 Å². The maximum absolute atomic E-state index is 5.23. The minimum atomic E-state index is 0.450. The topological polar surface area (TPSA) is 45.6 Å². The van der Waals surface area contributed by atoms with Crippen molar-refractivity contribution in [2.75, 3.05) is 12.4 Å². The van der Waals surface area contributed by atoms with E-state index in [1.54, 1.807) is 13.3 Å². The van der Waals surface area contributed by atoms with Gasteiger partial charge in [0, 0.05) is 5.69 Å². The van der Waals surface area contributed by atoms with Crippen molar-refractivity contribution in [1.82, 2.24) is 5.43 Å². The highest BCUT2D eigenvalue weighted by atomic mass is 32.1. The second kappa shape index (κ2) is 7.56. The van der Waals surface area contributed by atoms with Crippen LogP contribution in [0.25, 0.3) is 0 Å². The minimum Gasteiger partial charge on any atom is -0.497 e. The smallest absolute Gasteiger partial charge is 0.191 e. The maximum Gasteiger partial charge on any atom is 0.191 e. The van der Waals surface area contributed by atoms with Crippen LogP contribution in [0, 0.1) is 13.8 Å². The molecule has 0 aliphatic heterocycles. The van der Waals surface area contributed by atoms with Gasteiger partial charge in [-0.3, -0.25) is 5.43 Å². The van der Waals surface area contributed by atoms with Crippen LogP contribution < -0.4 is 15.5 Å². The average Bonchev–Trinajstić information content (AvgIpc) is 2.50. The van der Waals surface area contributed by atoms with Gasteiger partial charge in [0.1, 0.15) is 5.75 Å². The highest BCUT2D eigenvalue weighted by molar-refractivity contribution is 7.80. The Kier molecular flexibility index (Phi) is 5.49. The van der Waals surface area contributed by atoms with Gasteiger partial charge in [-0.15, -0.1) is 0 Å². The largest absolute Gasteiger partial charge is 0.497 e. The van der Waals surface area contributed by atoms with E-state index in [2.05, 4.69) is 28.8 Å². The van der Waals surface area contributed by atoms with Crippen LogP contribution in [0.15, 0.2) is 47.6 Å². The van der Waals surface area contributed by atoms with Crippen LogP contribution in [-0.2, 0) is 0 Å². The van der Waals surface area contributed by atoms with Gasteiger partial charge in [0.15, 0.2) is 5.11 Å². The summed E-state index contributed by atoms with van der Waals surface area (Å²) in [7, 11) is 1.64. The molecule has 2 rings (SSSR count). The molecule has 0 aliphatic rings. The van der Waals surface area contributed by atoms with Crippen molar-refractivity contribution >= 4 is 29.2 Å². The lowest BCUT2D eigenvalue weighted by molar-refractivity contribution is 0.415. The molecule has 5 heteroatoms. The molecule has 2 aromatic carbocycles. The molecule has 22 heavy (non-hydrogen) atoms. The van der Waals surface area contributed by atoms with E-state index in [9.17, 15) is 0 Å². The van der Waals surface area contributed by atoms with E-state index in [0.29, 0.717) is 5.11 Å². The number of rotatable bonds is 4. The zero-order chi connectivity index (χ0) is 15.9. The molecule has 0 spiro atoms. The van der Waals surface area contributed by atoms with Gasteiger partial charge in [0.05, 0.1) is 13.3 Å². The number of hydrazone groups is 1. The number of benzene rings is 2. The van der Waals surface area contributed by atoms with E-state index in [-0.39, 0.29) is 0 Å². The summed E-state index contributed by atoms with van der Waals surface area (Å²) in [5.74, 6) is 0.792. The molecule has 0 bridgehead atoms. The predicted molar refractivity (Wildman–Crippen MR) is 95.9 cm³/mol. The second-order valence-electron chi connectivity index (χ2n) is 4.92. The first kappa shape index (κ1) is 16.0. The Morgan fingerprint density at radius 1 is 1.18 bits per heavy atom. The molecule has 0 atom stereocenters. The summed E-state index contributed by atoms with van der Waals surface area (Å²) in [4.78, 5) is 0. The molecule has 0 radical (unpaired) electrons. The van der Waals surface area contributed by atoms with E-state index >= 15 is 0 Å². The van der Waals surface area contributed by atoms with Crippen molar-refractivity contribution in [1.29, 1.82) is 0 Å². The van der Waals surface area contributed by atoms with E-state index in [0.717, 1.165) is 22.6 Å². The van der Waals surface area contributed by atoms with Crippen LogP contribution in [0.3, 0.4) is 0 Å². The molecular formula is C17H19N3OS. The van der Waals surface area contributed by atoms with Crippen LogP contribution >= 0.6 is 12.2 Å². The minimum absolute atomic E-state index is 0.450. The molecule has 0 aromatic heterocycles. The standard InChI is InChI=1S/C17H19N3OS/c1-12-7-8-16(13(2)9-12)19-17(22)20-18-11-14-5-4-6-15(10-14)21-3/h4-11H,1-3H3,(H2,19,20,22). The molecule has 0 heterocycles. The fourth-order valence-corrected chi connectivity index (χ4v) is 2.15. The van der Waals surface area contributed by atoms with Crippen LogP contribution in [-0.4, -0.2) is 18.4 Å². The van der Waals surface area contributed by atoms with Gasteiger partial charge >= 0.3 is 0 Å². The number of nitrogens with zero attached hydrogens (tertiary/aromatic N) is 1. The Morgan fingerprint density at radius 2 is 2.00 bits per heavy atom. The summed E-state index contributed by atoms with van der Waals surface area (Å²) in [5, 5.41) is 7.70. The summed E-state index contributed by atoms with van der Waals surface area (Å²) in [6.45, 7) is 4.10. The van der Waals surface area contributed by atoms with Crippen LogP contribution in [0.4, 0.5) is 5.69 Å². The van der Waals surface area contributed by atoms with Crippen molar-refractivity contribution in [3.8, 4) is 5.75 Å². The first-order valence-corrected chi connectivity index (χ1v) is 7.30. The molecule has 114 valence electrons. The van der Waals surface area contributed by atoms with E-state index in [4.69, 9.17) is 17.0 Å². The van der Waals surface area contributed by atoms with Crippen LogP contribution in [0.2, 0.25) is 0 Å². The van der Waals surface area contributed by atoms with Gasteiger partial charge < -0.3 is 10.1 Å². The van der Waals surface area contributed by atoms with Gasteiger partial charge in [0.2, 0.25) is 0 Å². The van der Waals surface area contributed by atoms with Gasteiger partial charge in [-0.1, -0.05) is 29.8 Å². The molecule has 0 aliphatic carbocycles. The lowest BCUT2D eigenvalue weighted by Crippen LogP contribution is -2.24. The summed E-state index contributed by atoms with van der Waals surface area (Å²) >= 11 is 5.23. The molecule has 2 N–H and O–H groups in total. The van der Waals surface area contributed by atoms with Gasteiger partial charge in [-0.05, 0) is 55.4 Å². The number of hydrogen-bond acceptors (Lipinski definition) is 3. The number of thiocarbonyl (C=S) groups is 1. The molecule has 4 nitrogen and oxygen atoms in total. The highest BCUT2D eigenvalue weighted by Crippen LogP contribution is 2.15. The fraction of sp³-hybridized carbons (Fsp3) is 0.176. The van der Waals surface area contributed by atoms with Crippen molar-refractivity contribution in [2.45, 2.75) is 13.8 Å². The Labute approximate surface area is 136 Å². The fourth-order valence-electron chi connectivity index (χ4n) is 1.99.